The van der Waals surface area contributed by atoms with Crippen molar-refractivity contribution in [1.29, 1.82) is 0 Å². The van der Waals surface area contributed by atoms with Crippen LogP contribution in [-0.2, 0) is 5.54 Å². The summed E-state index contributed by atoms with van der Waals surface area (Å²) in [6.45, 7) is 0. The minimum absolute atomic E-state index is 0.703. The van der Waals surface area contributed by atoms with Gasteiger partial charge >= 0.3 is 0 Å². The molecule has 5 nitrogen and oxygen atoms in total. The molecule has 0 aliphatic carbocycles. The second-order valence-corrected chi connectivity index (χ2v) is 7.36. The van der Waals surface area contributed by atoms with Gasteiger partial charge in [-0.2, -0.15) is 0 Å². The van der Waals surface area contributed by atoms with E-state index in [0.29, 0.717) is 22.7 Å². The maximum Gasteiger partial charge on any atom is 0.114 e. The first kappa shape index (κ1) is 19.2. The molecule has 0 radical (unpaired) electrons. The maximum absolute atomic E-state index is 5.99. The first-order chi connectivity index (χ1) is 14.5. The van der Waals surface area contributed by atoms with Crippen molar-refractivity contribution in [2.24, 2.45) is 0 Å². The lowest BCUT2D eigenvalue weighted by Crippen LogP contribution is -2.38. The number of anilines is 5. The number of nitrogens with two attached hydrogens (primary N) is 4. The van der Waals surface area contributed by atoms with E-state index in [1.807, 2.05) is 97.1 Å². The summed E-state index contributed by atoms with van der Waals surface area (Å²) in [6.07, 6.45) is 0. The third-order valence-corrected chi connectivity index (χ3v) is 5.27. The van der Waals surface area contributed by atoms with Gasteiger partial charge in [0.1, 0.15) is 5.54 Å². The van der Waals surface area contributed by atoms with E-state index in [2.05, 4.69) is 5.32 Å². The average Bonchev–Trinajstić information content (AvgIpc) is 2.75. The van der Waals surface area contributed by atoms with Crippen molar-refractivity contribution < 1.29 is 0 Å². The third-order valence-electron chi connectivity index (χ3n) is 5.27. The molecule has 4 rings (SSSR count). The van der Waals surface area contributed by atoms with Crippen LogP contribution in [0.3, 0.4) is 0 Å². The number of hydrogen-bond acceptors (Lipinski definition) is 5. The Balaban J connectivity index is 2.00. The van der Waals surface area contributed by atoms with Crippen LogP contribution in [0, 0.1) is 0 Å². The van der Waals surface area contributed by atoms with Crippen LogP contribution in [0.1, 0.15) is 16.7 Å². The number of rotatable bonds is 5. The summed E-state index contributed by atoms with van der Waals surface area (Å²) in [5.74, 6) is 0. The molecule has 0 bridgehead atoms. The zero-order chi connectivity index (χ0) is 21.1. The fourth-order valence-corrected chi connectivity index (χ4v) is 3.70. The summed E-state index contributed by atoms with van der Waals surface area (Å²) in [4.78, 5) is 0. The summed E-state index contributed by atoms with van der Waals surface area (Å²) in [7, 11) is 0. The topological polar surface area (TPSA) is 116 Å². The SMILES string of the molecule is Nc1ccc(NC(c2ccc(N)cc2)(c2ccc(N)cc2)c2ccc(N)cc2)cc1. The van der Waals surface area contributed by atoms with E-state index in [0.717, 1.165) is 22.4 Å². The van der Waals surface area contributed by atoms with Crippen molar-refractivity contribution in [3.63, 3.8) is 0 Å². The summed E-state index contributed by atoms with van der Waals surface area (Å²) in [6, 6.07) is 31.3. The molecular formula is C25H25N5. The molecule has 0 atom stereocenters. The van der Waals surface area contributed by atoms with E-state index in [-0.39, 0.29) is 0 Å². The van der Waals surface area contributed by atoms with Crippen molar-refractivity contribution in [2.45, 2.75) is 5.54 Å². The van der Waals surface area contributed by atoms with E-state index in [1.165, 1.54) is 0 Å². The molecule has 0 aliphatic heterocycles. The van der Waals surface area contributed by atoms with Crippen molar-refractivity contribution >= 4 is 28.4 Å². The van der Waals surface area contributed by atoms with Gasteiger partial charge in [0.2, 0.25) is 0 Å². The molecular weight excluding hydrogens is 370 g/mol. The quantitative estimate of drug-likeness (QED) is 0.253. The summed E-state index contributed by atoms with van der Waals surface area (Å²) >= 11 is 0. The molecule has 4 aromatic rings. The Hall–Kier alpha value is -4.12. The molecule has 150 valence electrons. The van der Waals surface area contributed by atoms with Crippen LogP contribution in [0.5, 0.6) is 0 Å². The van der Waals surface area contributed by atoms with Crippen LogP contribution in [-0.4, -0.2) is 0 Å². The largest absolute Gasteiger partial charge is 0.399 e. The Morgan fingerprint density at radius 3 is 0.967 bits per heavy atom. The fourth-order valence-electron chi connectivity index (χ4n) is 3.70. The monoisotopic (exact) mass is 395 g/mol. The van der Waals surface area contributed by atoms with Crippen LogP contribution < -0.4 is 28.3 Å². The van der Waals surface area contributed by atoms with Gasteiger partial charge in [-0.25, -0.2) is 0 Å². The molecule has 30 heavy (non-hydrogen) atoms. The van der Waals surface area contributed by atoms with Gasteiger partial charge in [0.05, 0.1) is 0 Å². The van der Waals surface area contributed by atoms with Crippen molar-refractivity contribution in [1.82, 2.24) is 0 Å². The van der Waals surface area contributed by atoms with E-state index in [4.69, 9.17) is 22.9 Å². The highest BCUT2D eigenvalue weighted by Gasteiger charge is 2.36. The number of nitrogen functional groups attached to an aromatic ring is 4. The van der Waals surface area contributed by atoms with Crippen molar-refractivity contribution in [3.8, 4) is 0 Å². The first-order valence-corrected chi connectivity index (χ1v) is 9.69. The van der Waals surface area contributed by atoms with Crippen LogP contribution in [0.25, 0.3) is 0 Å². The van der Waals surface area contributed by atoms with Gasteiger partial charge in [-0.05, 0) is 77.4 Å². The van der Waals surface area contributed by atoms with E-state index < -0.39 is 5.54 Å². The lowest BCUT2D eigenvalue weighted by molar-refractivity contribution is 0.712. The second-order valence-electron chi connectivity index (χ2n) is 7.36. The summed E-state index contributed by atoms with van der Waals surface area (Å²) < 4.78 is 0. The van der Waals surface area contributed by atoms with E-state index in [1.54, 1.807) is 0 Å². The third kappa shape index (κ3) is 3.61. The summed E-state index contributed by atoms with van der Waals surface area (Å²) in [5, 5.41) is 3.75. The van der Waals surface area contributed by atoms with Crippen LogP contribution in [0.4, 0.5) is 28.4 Å². The lowest BCUT2D eigenvalue weighted by atomic mass is 9.76. The molecule has 0 fully saturated rings. The highest BCUT2D eigenvalue weighted by atomic mass is 15.0. The Morgan fingerprint density at radius 1 is 0.400 bits per heavy atom. The van der Waals surface area contributed by atoms with Gasteiger partial charge in [-0.3, -0.25) is 0 Å². The normalized spacial score (nSPS) is 11.2. The molecule has 5 heteroatoms. The predicted molar refractivity (Wildman–Crippen MR) is 127 cm³/mol. The van der Waals surface area contributed by atoms with Gasteiger partial charge in [-0.1, -0.05) is 36.4 Å². The standard InChI is InChI=1S/C25H25N5/c26-20-7-1-17(2-8-20)25(18-3-9-21(27)10-4-18,19-5-11-22(28)12-6-19)30-24-15-13-23(29)14-16-24/h1-16,30H,26-29H2. The van der Waals surface area contributed by atoms with Crippen LogP contribution >= 0.6 is 0 Å². The van der Waals surface area contributed by atoms with E-state index >= 15 is 0 Å². The Labute approximate surface area is 176 Å². The van der Waals surface area contributed by atoms with Gasteiger partial charge in [0.15, 0.2) is 0 Å². The molecule has 0 saturated carbocycles. The average molecular weight is 396 g/mol. The number of benzene rings is 4. The predicted octanol–water partition coefficient (Wildman–Crippen LogP) is 4.42. The van der Waals surface area contributed by atoms with Crippen molar-refractivity contribution in [2.75, 3.05) is 28.3 Å². The number of nitrogens with one attached hydrogen (secondary N) is 1. The van der Waals surface area contributed by atoms with E-state index in [9.17, 15) is 0 Å². The Bertz CT molecular complexity index is 1010. The van der Waals surface area contributed by atoms with Crippen LogP contribution in [0.15, 0.2) is 97.1 Å². The Kier molecular flexibility index (Phi) is 4.94. The highest BCUT2D eigenvalue weighted by Crippen LogP contribution is 2.41. The minimum Gasteiger partial charge on any atom is -0.399 e. The van der Waals surface area contributed by atoms with Gasteiger partial charge in [-0.15, -0.1) is 0 Å². The number of hydrogen-bond donors (Lipinski definition) is 5. The Morgan fingerprint density at radius 2 is 0.667 bits per heavy atom. The van der Waals surface area contributed by atoms with Gasteiger partial charge in [0.25, 0.3) is 0 Å². The molecule has 0 aliphatic rings. The molecule has 0 aromatic heterocycles. The molecule has 0 unspecified atom stereocenters. The lowest BCUT2D eigenvalue weighted by Gasteiger charge is -2.38. The smallest absolute Gasteiger partial charge is 0.114 e. The summed E-state index contributed by atoms with van der Waals surface area (Å²) in [5.41, 5.74) is 30.0. The zero-order valence-corrected chi connectivity index (χ0v) is 16.5. The molecule has 0 heterocycles. The maximum atomic E-state index is 5.99. The molecule has 0 amide bonds. The molecule has 4 aromatic carbocycles. The van der Waals surface area contributed by atoms with Crippen molar-refractivity contribution in [3.05, 3.63) is 114 Å². The second kappa shape index (κ2) is 7.72. The van der Waals surface area contributed by atoms with Gasteiger partial charge in [0, 0.05) is 28.4 Å². The van der Waals surface area contributed by atoms with Crippen LogP contribution in [0.2, 0.25) is 0 Å². The molecule has 0 saturated heterocycles. The molecule has 9 N–H and O–H groups in total. The highest BCUT2D eigenvalue weighted by molar-refractivity contribution is 5.64. The fraction of sp³-hybridized carbons (Fsp3) is 0.0400. The van der Waals surface area contributed by atoms with Gasteiger partial charge < -0.3 is 28.3 Å². The first-order valence-electron chi connectivity index (χ1n) is 9.69. The zero-order valence-electron chi connectivity index (χ0n) is 16.5. The minimum atomic E-state index is -0.703. The molecule has 0 spiro atoms.